The van der Waals surface area contributed by atoms with Crippen molar-refractivity contribution in [3.8, 4) is 0 Å². The van der Waals surface area contributed by atoms with Crippen molar-refractivity contribution >= 4 is 16.8 Å². The van der Waals surface area contributed by atoms with Gasteiger partial charge in [0.2, 0.25) is 5.91 Å². The number of likely N-dealkylation sites (tertiary alicyclic amines) is 1. The molecule has 2 saturated heterocycles. The maximum atomic E-state index is 13.8. The van der Waals surface area contributed by atoms with E-state index in [2.05, 4.69) is 17.1 Å². The Balaban J connectivity index is 1.31. The number of carbonyl (C=O) groups excluding carboxylic acids is 1. The topological polar surface area (TPSA) is 64.4 Å². The van der Waals surface area contributed by atoms with Crippen LogP contribution in [0.5, 0.6) is 0 Å². The summed E-state index contributed by atoms with van der Waals surface area (Å²) < 4.78 is 7.42. The molecule has 172 valence electrons. The molecule has 0 unspecified atom stereocenters. The average molecular weight is 446 g/mol. The third kappa shape index (κ3) is 4.08. The number of hydrogen-bond acceptors (Lipinski definition) is 4. The van der Waals surface area contributed by atoms with E-state index in [-0.39, 0.29) is 11.5 Å². The van der Waals surface area contributed by atoms with Crippen LogP contribution in [0.3, 0.4) is 0 Å². The molecular weight excluding hydrogens is 414 g/mol. The van der Waals surface area contributed by atoms with Gasteiger partial charge in [0, 0.05) is 32.8 Å². The second kappa shape index (κ2) is 9.10. The zero-order valence-electron chi connectivity index (χ0n) is 19.2. The van der Waals surface area contributed by atoms with E-state index in [1.54, 1.807) is 0 Å². The molecule has 3 aromatic rings. The number of rotatable bonds is 4. The average Bonchev–Trinajstić information content (AvgIpc) is 2.87. The molecule has 0 bridgehead atoms. The number of aryl methyl sites for hydroxylation is 1. The summed E-state index contributed by atoms with van der Waals surface area (Å²) in [6.07, 6.45) is 3.25. The molecule has 33 heavy (non-hydrogen) atoms. The van der Waals surface area contributed by atoms with Crippen LogP contribution in [0, 0.1) is 12.8 Å². The molecule has 0 saturated carbocycles. The predicted molar refractivity (Wildman–Crippen MR) is 128 cm³/mol. The van der Waals surface area contributed by atoms with E-state index in [9.17, 15) is 9.59 Å². The summed E-state index contributed by atoms with van der Waals surface area (Å²) in [6, 6.07) is 17.7. The molecule has 6 heteroatoms. The van der Waals surface area contributed by atoms with Crippen molar-refractivity contribution in [1.29, 1.82) is 0 Å². The molecule has 0 radical (unpaired) electrons. The van der Waals surface area contributed by atoms with Crippen molar-refractivity contribution in [2.45, 2.75) is 44.6 Å². The molecule has 0 aliphatic carbocycles. The van der Waals surface area contributed by atoms with E-state index in [1.807, 2.05) is 58.9 Å². The van der Waals surface area contributed by atoms with Crippen LogP contribution in [0.15, 0.2) is 59.4 Å². The normalized spacial score (nSPS) is 19.0. The van der Waals surface area contributed by atoms with E-state index in [4.69, 9.17) is 4.74 Å². The highest BCUT2D eigenvalue weighted by Crippen LogP contribution is 2.37. The molecule has 2 aliphatic heterocycles. The molecule has 2 aliphatic rings. The maximum Gasteiger partial charge on any atom is 0.261 e. The molecule has 0 spiro atoms. The number of carbonyl (C=O) groups is 1. The van der Waals surface area contributed by atoms with Crippen molar-refractivity contribution in [2.75, 3.05) is 26.3 Å². The maximum absolute atomic E-state index is 13.8. The quantitative estimate of drug-likeness (QED) is 0.614. The number of fused-ring (bicyclic) bond motifs is 1. The van der Waals surface area contributed by atoms with Gasteiger partial charge in [-0.1, -0.05) is 42.5 Å². The lowest BCUT2D eigenvalue weighted by molar-refractivity contribution is -0.142. The van der Waals surface area contributed by atoms with E-state index >= 15 is 0 Å². The lowest BCUT2D eigenvalue weighted by Gasteiger charge is -2.42. The Labute approximate surface area is 194 Å². The fraction of sp³-hybridized carbons (Fsp3) is 0.444. The Morgan fingerprint density at radius 2 is 1.70 bits per heavy atom. The summed E-state index contributed by atoms with van der Waals surface area (Å²) in [7, 11) is 0. The van der Waals surface area contributed by atoms with Crippen LogP contribution >= 0.6 is 0 Å². The first kappa shape index (κ1) is 21.8. The van der Waals surface area contributed by atoms with Gasteiger partial charge in [-0.15, -0.1) is 0 Å². The van der Waals surface area contributed by atoms with E-state index in [1.165, 1.54) is 0 Å². The minimum Gasteiger partial charge on any atom is -0.381 e. The summed E-state index contributed by atoms with van der Waals surface area (Å²) in [6.45, 7) is 5.26. The van der Waals surface area contributed by atoms with Crippen molar-refractivity contribution < 1.29 is 9.53 Å². The van der Waals surface area contributed by atoms with Crippen LogP contribution in [0.1, 0.15) is 37.1 Å². The van der Waals surface area contributed by atoms with Gasteiger partial charge in [0.15, 0.2) is 0 Å². The van der Waals surface area contributed by atoms with E-state index in [0.717, 1.165) is 55.7 Å². The molecule has 0 N–H and O–H groups in total. The summed E-state index contributed by atoms with van der Waals surface area (Å²) in [4.78, 5) is 33.5. The Hall–Kier alpha value is -2.99. The number of amides is 1. The van der Waals surface area contributed by atoms with Gasteiger partial charge in [0.1, 0.15) is 5.82 Å². The first-order valence-corrected chi connectivity index (χ1v) is 12.0. The molecule has 6 nitrogen and oxygen atoms in total. The van der Waals surface area contributed by atoms with Gasteiger partial charge in [-0.2, -0.15) is 0 Å². The van der Waals surface area contributed by atoms with Gasteiger partial charge in [-0.05, 0) is 56.2 Å². The highest BCUT2D eigenvalue weighted by atomic mass is 16.5. The lowest BCUT2D eigenvalue weighted by atomic mass is 9.72. The number of ether oxygens (including phenoxy) is 1. The smallest absolute Gasteiger partial charge is 0.261 e. The van der Waals surface area contributed by atoms with Crippen LogP contribution in [-0.2, 0) is 21.5 Å². The third-order valence-corrected chi connectivity index (χ3v) is 7.48. The molecule has 5 rings (SSSR count). The van der Waals surface area contributed by atoms with Gasteiger partial charge < -0.3 is 9.64 Å². The number of benzene rings is 2. The minimum atomic E-state index is -0.484. The molecule has 1 aromatic heterocycles. The number of hydrogen-bond donors (Lipinski definition) is 0. The second-order valence-corrected chi connectivity index (χ2v) is 9.39. The van der Waals surface area contributed by atoms with Gasteiger partial charge in [-0.25, -0.2) is 4.98 Å². The Morgan fingerprint density at radius 3 is 2.42 bits per heavy atom. The van der Waals surface area contributed by atoms with Crippen molar-refractivity contribution in [2.24, 2.45) is 5.92 Å². The first-order chi connectivity index (χ1) is 16.1. The monoisotopic (exact) mass is 445 g/mol. The fourth-order valence-corrected chi connectivity index (χ4v) is 5.48. The minimum absolute atomic E-state index is 0.0295. The Bertz CT molecular complexity index is 1190. The molecule has 0 atom stereocenters. The van der Waals surface area contributed by atoms with Gasteiger partial charge in [0.25, 0.3) is 5.56 Å². The molecule has 3 heterocycles. The van der Waals surface area contributed by atoms with Crippen LogP contribution in [0.2, 0.25) is 0 Å². The lowest BCUT2D eigenvalue weighted by Crippen LogP contribution is -2.52. The van der Waals surface area contributed by atoms with E-state index in [0.29, 0.717) is 31.1 Å². The van der Waals surface area contributed by atoms with E-state index < -0.39 is 5.41 Å². The molecule has 1 amide bonds. The summed E-state index contributed by atoms with van der Waals surface area (Å²) in [5.74, 6) is 1.34. The van der Waals surface area contributed by atoms with Crippen LogP contribution in [0.4, 0.5) is 0 Å². The predicted octanol–water partition coefficient (Wildman–Crippen LogP) is 3.69. The van der Waals surface area contributed by atoms with Gasteiger partial charge >= 0.3 is 0 Å². The SMILES string of the molecule is Cc1nc2ccccc2c(=O)n1CC1CCN(C(=O)C2(c3ccccc3)CCOCC2)CC1. The number of para-hydroxylation sites is 1. The Morgan fingerprint density at radius 1 is 1.03 bits per heavy atom. The van der Waals surface area contributed by atoms with Crippen molar-refractivity contribution in [1.82, 2.24) is 14.5 Å². The molecular formula is C27H31N3O3. The number of aromatic nitrogens is 2. The number of piperidine rings is 1. The van der Waals surface area contributed by atoms with Crippen LogP contribution < -0.4 is 5.56 Å². The molecule has 2 fully saturated rings. The van der Waals surface area contributed by atoms with Crippen LogP contribution in [-0.4, -0.2) is 46.7 Å². The summed E-state index contributed by atoms with van der Waals surface area (Å²) in [5, 5.41) is 0.667. The second-order valence-electron chi connectivity index (χ2n) is 9.39. The van der Waals surface area contributed by atoms with Gasteiger partial charge in [-0.3, -0.25) is 14.2 Å². The Kier molecular flexibility index (Phi) is 6.02. The van der Waals surface area contributed by atoms with Crippen LogP contribution in [0.25, 0.3) is 10.9 Å². The highest BCUT2D eigenvalue weighted by molar-refractivity contribution is 5.88. The zero-order valence-corrected chi connectivity index (χ0v) is 19.2. The first-order valence-electron chi connectivity index (χ1n) is 12.0. The molecule has 2 aromatic carbocycles. The van der Waals surface area contributed by atoms with Gasteiger partial charge in [0.05, 0.1) is 16.3 Å². The fourth-order valence-electron chi connectivity index (χ4n) is 5.48. The summed E-state index contributed by atoms with van der Waals surface area (Å²) in [5.41, 5.74) is 1.40. The van der Waals surface area contributed by atoms with Crippen molar-refractivity contribution in [3.05, 3.63) is 76.3 Å². The van der Waals surface area contributed by atoms with Crippen molar-refractivity contribution in [3.63, 3.8) is 0 Å². The standard InChI is InChI=1S/C27H31N3O3/c1-20-28-24-10-6-5-9-23(24)25(31)30(20)19-21-11-15-29(16-12-21)26(32)27(13-17-33-18-14-27)22-7-3-2-4-8-22/h2-10,21H,11-19H2,1H3. The largest absolute Gasteiger partial charge is 0.381 e. The highest BCUT2D eigenvalue weighted by Gasteiger charge is 2.44. The number of nitrogens with zero attached hydrogens (tertiary/aromatic N) is 3. The zero-order chi connectivity index (χ0) is 22.8. The third-order valence-electron chi connectivity index (χ3n) is 7.48. The summed E-state index contributed by atoms with van der Waals surface area (Å²) >= 11 is 0.